The lowest BCUT2D eigenvalue weighted by atomic mass is 9.88. The molecule has 0 radical (unpaired) electrons. The van der Waals surface area contributed by atoms with Crippen LogP contribution >= 0.6 is 0 Å². The highest BCUT2D eigenvalue weighted by Gasteiger charge is 2.21. The van der Waals surface area contributed by atoms with E-state index in [2.05, 4.69) is 10.6 Å². The number of Topliss-reactive ketones (excluding diaryl/α,β-unsaturated/α-hetero) is 2. The van der Waals surface area contributed by atoms with Crippen LogP contribution in [0.5, 0.6) is 0 Å². The van der Waals surface area contributed by atoms with E-state index in [1.807, 2.05) is 27.7 Å². The van der Waals surface area contributed by atoms with Gasteiger partial charge in [-0.1, -0.05) is 20.8 Å². The van der Waals surface area contributed by atoms with Gasteiger partial charge in [-0.25, -0.2) is 0 Å². The monoisotopic (exact) mass is 430 g/mol. The molecule has 2 N–H and O–H groups in total. The van der Waals surface area contributed by atoms with Gasteiger partial charge in [-0.05, 0) is 33.2 Å². The molecule has 8 nitrogen and oxygen atoms in total. The van der Waals surface area contributed by atoms with E-state index in [0.29, 0.717) is 46.2 Å². The molecule has 0 rings (SSSR count). The van der Waals surface area contributed by atoms with Crippen LogP contribution in [-0.4, -0.2) is 76.2 Å². The van der Waals surface area contributed by atoms with E-state index in [0.717, 1.165) is 19.4 Å². The van der Waals surface area contributed by atoms with Crippen LogP contribution in [0.15, 0.2) is 0 Å². The molecule has 0 heterocycles. The van der Waals surface area contributed by atoms with E-state index >= 15 is 0 Å². The average molecular weight is 431 g/mol. The van der Waals surface area contributed by atoms with E-state index < -0.39 is 5.41 Å². The van der Waals surface area contributed by atoms with Crippen molar-refractivity contribution in [2.24, 2.45) is 5.41 Å². The SMILES string of the molecule is CC(=O)C(C)NCCCOCCOCCOCCCNC(=O)CCC(=O)C(C)(C)C. The van der Waals surface area contributed by atoms with Crippen molar-refractivity contribution in [2.75, 3.05) is 52.7 Å². The van der Waals surface area contributed by atoms with Gasteiger partial charge in [-0.2, -0.15) is 0 Å². The van der Waals surface area contributed by atoms with E-state index in [9.17, 15) is 14.4 Å². The molecule has 0 bridgehead atoms. The summed E-state index contributed by atoms with van der Waals surface area (Å²) in [4.78, 5) is 34.5. The van der Waals surface area contributed by atoms with Crippen LogP contribution in [0.4, 0.5) is 0 Å². The molecule has 0 aliphatic heterocycles. The Morgan fingerprint density at radius 3 is 1.80 bits per heavy atom. The molecule has 176 valence electrons. The van der Waals surface area contributed by atoms with Crippen molar-refractivity contribution < 1.29 is 28.6 Å². The lowest BCUT2D eigenvalue weighted by Gasteiger charge is -2.16. The first-order chi connectivity index (χ1) is 14.1. The topological polar surface area (TPSA) is 103 Å². The van der Waals surface area contributed by atoms with Crippen LogP contribution in [-0.2, 0) is 28.6 Å². The van der Waals surface area contributed by atoms with Crippen LogP contribution in [0.25, 0.3) is 0 Å². The van der Waals surface area contributed by atoms with Crippen molar-refractivity contribution in [1.29, 1.82) is 0 Å². The lowest BCUT2D eigenvalue weighted by Crippen LogP contribution is -2.33. The molecule has 0 aliphatic rings. The highest BCUT2D eigenvalue weighted by atomic mass is 16.5. The highest BCUT2D eigenvalue weighted by Crippen LogP contribution is 2.17. The zero-order valence-corrected chi connectivity index (χ0v) is 19.5. The van der Waals surface area contributed by atoms with Gasteiger partial charge < -0.3 is 24.8 Å². The minimum atomic E-state index is -0.393. The summed E-state index contributed by atoms with van der Waals surface area (Å²) in [5.41, 5.74) is -0.393. The molecular formula is C22H42N2O6. The molecule has 0 aliphatic carbocycles. The first kappa shape index (κ1) is 28.6. The molecule has 30 heavy (non-hydrogen) atoms. The minimum absolute atomic E-state index is 0.0971. The van der Waals surface area contributed by atoms with Crippen molar-refractivity contribution in [2.45, 2.75) is 66.3 Å². The maximum Gasteiger partial charge on any atom is 0.220 e. The Labute approximate surface area is 181 Å². The number of ketones is 2. The number of rotatable bonds is 19. The van der Waals surface area contributed by atoms with E-state index in [1.165, 1.54) is 0 Å². The maximum absolute atomic E-state index is 11.8. The first-order valence-corrected chi connectivity index (χ1v) is 10.9. The van der Waals surface area contributed by atoms with Gasteiger partial charge >= 0.3 is 0 Å². The molecule has 0 saturated heterocycles. The number of nitrogens with one attached hydrogen (secondary N) is 2. The normalized spacial score (nSPS) is 12.6. The standard InChI is InChI=1S/C22H42N2O6/c1-18(19(2)25)23-10-6-12-28-14-16-30-17-15-29-13-7-11-24-21(27)9-8-20(26)22(3,4)5/h18,23H,6-17H2,1-5H3,(H,24,27). The molecule has 0 aromatic heterocycles. The zero-order chi connectivity index (χ0) is 22.8. The zero-order valence-electron chi connectivity index (χ0n) is 19.5. The Morgan fingerprint density at radius 1 is 0.800 bits per heavy atom. The second-order valence-corrected chi connectivity index (χ2v) is 8.35. The van der Waals surface area contributed by atoms with Gasteiger partial charge in [-0.3, -0.25) is 14.4 Å². The fraction of sp³-hybridized carbons (Fsp3) is 0.864. The van der Waals surface area contributed by atoms with Gasteiger partial charge in [0, 0.05) is 38.0 Å². The van der Waals surface area contributed by atoms with Crippen LogP contribution in [0.2, 0.25) is 0 Å². The molecular weight excluding hydrogens is 388 g/mol. The first-order valence-electron chi connectivity index (χ1n) is 10.9. The third-order valence-electron chi connectivity index (χ3n) is 4.47. The number of amides is 1. The fourth-order valence-electron chi connectivity index (χ4n) is 2.27. The molecule has 0 fully saturated rings. The predicted molar refractivity (Wildman–Crippen MR) is 117 cm³/mol. The van der Waals surface area contributed by atoms with Crippen molar-refractivity contribution >= 4 is 17.5 Å². The minimum Gasteiger partial charge on any atom is -0.379 e. The maximum atomic E-state index is 11.8. The Hall–Kier alpha value is -1.35. The lowest BCUT2D eigenvalue weighted by molar-refractivity contribution is -0.129. The Balaban J connectivity index is 3.31. The molecule has 0 spiro atoms. The number of hydrogen-bond donors (Lipinski definition) is 2. The summed E-state index contributed by atoms with van der Waals surface area (Å²) in [7, 11) is 0. The van der Waals surface area contributed by atoms with E-state index in [4.69, 9.17) is 14.2 Å². The summed E-state index contributed by atoms with van der Waals surface area (Å²) in [5.74, 6) is 0.142. The van der Waals surface area contributed by atoms with Crippen molar-refractivity contribution in [1.82, 2.24) is 10.6 Å². The third-order valence-corrected chi connectivity index (χ3v) is 4.47. The van der Waals surface area contributed by atoms with Crippen molar-refractivity contribution in [3.8, 4) is 0 Å². The summed E-state index contributed by atoms with van der Waals surface area (Å²) < 4.78 is 16.3. The molecule has 0 aromatic rings. The molecule has 1 atom stereocenters. The molecule has 8 heteroatoms. The second-order valence-electron chi connectivity index (χ2n) is 8.35. The van der Waals surface area contributed by atoms with Gasteiger partial charge in [0.1, 0.15) is 11.6 Å². The Morgan fingerprint density at radius 2 is 1.30 bits per heavy atom. The van der Waals surface area contributed by atoms with Gasteiger partial charge in [0.15, 0.2) is 0 Å². The van der Waals surface area contributed by atoms with Gasteiger partial charge in [0.05, 0.1) is 32.5 Å². The third kappa shape index (κ3) is 17.5. The number of hydrogen-bond acceptors (Lipinski definition) is 7. The summed E-state index contributed by atoms with van der Waals surface area (Å²) in [6.07, 6.45) is 2.09. The van der Waals surface area contributed by atoms with Crippen LogP contribution in [0.1, 0.15) is 60.3 Å². The molecule has 0 saturated carbocycles. The largest absolute Gasteiger partial charge is 0.379 e. The summed E-state index contributed by atoms with van der Waals surface area (Å²) in [5, 5.41) is 5.93. The van der Waals surface area contributed by atoms with Gasteiger partial charge in [-0.15, -0.1) is 0 Å². The number of carbonyl (C=O) groups excluding carboxylic acids is 3. The van der Waals surface area contributed by atoms with Crippen molar-refractivity contribution in [3.05, 3.63) is 0 Å². The Kier molecular flexibility index (Phi) is 16.6. The summed E-state index contributed by atoms with van der Waals surface area (Å²) in [6.45, 7) is 13.5. The fourth-order valence-corrected chi connectivity index (χ4v) is 2.27. The summed E-state index contributed by atoms with van der Waals surface area (Å²) in [6, 6.07) is -0.103. The summed E-state index contributed by atoms with van der Waals surface area (Å²) >= 11 is 0. The average Bonchev–Trinajstić information content (AvgIpc) is 2.67. The quantitative estimate of drug-likeness (QED) is 0.302. The predicted octanol–water partition coefficient (Wildman–Crippen LogP) is 1.90. The van der Waals surface area contributed by atoms with Gasteiger partial charge in [0.25, 0.3) is 0 Å². The van der Waals surface area contributed by atoms with Crippen LogP contribution in [0.3, 0.4) is 0 Å². The highest BCUT2D eigenvalue weighted by molar-refractivity contribution is 5.88. The van der Waals surface area contributed by atoms with E-state index in [1.54, 1.807) is 6.92 Å². The van der Waals surface area contributed by atoms with Crippen LogP contribution in [0, 0.1) is 5.41 Å². The molecule has 0 aromatic carbocycles. The Bertz CT molecular complexity index is 491. The number of ether oxygens (including phenoxy) is 3. The second kappa shape index (κ2) is 17.3. The molecule has 1 amide bonds. The van der Waals surface area contributed by atoms with Crippen LogP contribution < -0.4 is 10.6 Å². The smallest absolute Gasteiger partial charge is 0.220 e. The number of carbonyl (C=O) groups is 3. The molecule has 1 unspecified atom stereocenters. The van der Waals surface area contributed by atoms with Crippen molar-refractivity contribution in [3.63, 3.8) is 0 Å². The van der Waals surface area contributed by atoms with E-state index in [-0.39, 0.29) is 36.4 Å². The van der Waals surface area contributed by atoms with Gasteiger partial charge in [0.2, 0.25) is 5.91 Å².